The van der Waals surface area contributed by atoms with Crippen molar-refractivity contribution in [3.05, 3.63) is 27.7 Å². The molecule has 8 heteroatoms. The Morgan fingerprint density at radius 1 is 1.26 bits per heavy atom. The fourth-order valence-corrected chi connectivity index (χ4v) is 2.64. The van der Waals surface area contributed by atoms with E-state index in [0.29, 0.717) is 28.1 Å². The summed E-state index contributed by atoms with van der Waals surface area (Å²) in [5.41, 5.74) is 0.544. The van der Waals surface area contributed by atoms with Crippen LogP contribution in [0.5, 0.6) is 11.5 Å². The molecule has 0 atom stereocenters. The molecule has 0 aliphatic heterocycles. The second-order valence-corrected chi connectivity index (χ2v) is 6.51. The molecule has 1 N–H and O–H groups in total. The van der Waals surface area contributed by atoms with Crippen LogP contribution in [0.4, 0.5) is 0 Å². The Morgan fingerprint density at radius 2 is 1.96 bits per heavy atom. The SMILES string of the molecule is CCOC(=O)COc1c(Br)cc(/C=C(/C#N)C(=O)NC(C)C)cc1OCC. The van der Waals surface area contributed by atoms with Gasteiger partial charge in [-0.15, -0.1) is 0 Å². The lowest BCUT2D eigenvalue weighted by Gasteiger charge is -2.14. The topological polar surface area (TPSA) is 97.7 Å². The van der Waals surface area contributed by atoms with Crippen molar-refractivity contribution in [3.8, 4) is 17.6 Å². The highest BCUT2D eigenvalue weighted by atomic mass is 79.9. The average molecular weight is 439 g/mol. The molecule has 0 aromatic heterocycles. The van der Waals surface area contributed by atoms with Gasteiger partial charge < -0.3 is 19.5 Å². The van der Waals surface area contributed by atoms with Crippen LogP contribution in [0.2, 0.25) is 0 Å². The second-order valence-electron chi connectivity index (χ2n) is 5.65. The average Bonchev–Trinajstić information content (AvgIpc) is 2.58. The Labute approximate surface area is 167 Å². The van der Waals surface area contributed by atoms with Gasteiger partial charge in [0.1, 0.15) is 11.6 Å². The number of benzene rings is 1. The van der Waals surface area contributed by atoms with E-state index in [1.54, 1.807) is 19.1 Å². The number of carbonyl (C=O) groups excluding carboxylic acids is 2. The van der Waals surface area contributed by atoms with Crippen LogP contribution < -0.4 is 14.8 Å². The number of amides is 1. The maximum Gasteiger partial charge on any atom is 0.344 e. The number of ether oxygens (including phenoxy) is 3. The first-order chi connectivity index (χ1) is 12.8. The Balaban J connectivity index is 3.17. The molecule has 1 aromatic carbocycles. The lowest BCUT2D eigenvalue weighted by atomic mass is 10.1. The van der Waals surface area contributed by atoms with E-state index in [0.717, 1.165) is 0 Å². The Hall–Kier alpha value is -2.53. The normalized spacial score (nSPS) is 10.9. The monoisotopic (exact) mass is 438 g/mol. The van der Waals surface area contributed by atoms with Gasteiger partial charge in [-0.2, -0.15) is 5.26 Å². The summed E-state index contributed by atoms with van der Waals surface area (Å²) in [6.07, 6.45) is 1.46. The zero-order chi connectivity index (χ0) is 20.4. The summed E-state index contributed by atoms with van der Waals surface area (Å²) < 4.78 is 16.4. The van der Waals surface area contributed by atoms with Crippen LogP contribution in [0, 0.1) is 11.3 Å². The van der Waals surface area contributed by atoms with E-state index in [1.807, 2.05) is 26.8 Å². The standard InChI is InChI=1S/C19H23BrN2O5/c1-5-25-16-9-13(7-14(10-21)19(24)22-12(3)4)8-15(20)18(16)27-11-17(23)26-6-2/h7-9,12H,5-6,11H2,1-4H3,(H,22,24)/b14-7-. The van der Waals surface area contributed by atoms with E-state index < -0.39 is 11.9 Å². The highest BCUT2D eigenvalue weighted by Gasteiger charge is 2.16. The van der Waals surface area contributed by atoms with Gasteiger partial charge in [0.2, 0.25) is 0 Å². The van der Waals surface area contributed by atoms with Crippen LogP contribution in [0.1, 0.15) is 33.3 Å². The highest BCUT2D eigenvalue weighted by Crippen LogP contribution is 2.37. The van der Waals surface area contributed by atoms with Crippen molar-refractivity contribution < 1.29 is 23.8 Å². The number of esters is 1. The Kier molecular flexibility index (Phi) is 9.37. The van der Waals surface area contributed by atoms with Crippen LogP contribution in [0.3, 0.4) is 0 Å². The molecule has 1 rings (SSSR count). The molecule has 7 nitrogen and oxygen atoms in total. The van der Waals surface area contributed by atoms with Crippen LogP contribution in [-0.4, -0.2) is 37.7 Å². The number of halogens is 1. The van der Waals surface area contributed by atoms with Crippen molar-refractivity contribution in [3.63, 3.8) is 0 Å². The summed E-state index contributed by atoms with van der Waals surface area (Å²) in [5, 5.41) is 11.9. The molecule has 0 saturated heterocycles. The Bertz CT molecular complexity index is 753. The zero-order valence-corrected chi connectivity index (χ0v) is 17.4. The first kappa shape index (κ1) is 22.5. The van der Waals surface area contributed by atoms with Gasteiger partial charge in [0, 0.05) is 6.04 Å². The maximum atomic E-state index is 12.1. The molecular weight excluding hydrogens is 416 g/mol. The summed E-state index contributed by atoms with van der Waals surface area (Å²) in [6.45, 7) is 7.51. The molecule has 27 heavy (non-hydrogen) atoms. The van der Waals surface area contributed by atoms with Crippen molar-refractivity contribution in [2.45, 2.75) is 33.7 Å². The predicted molar refractivity (Wildman–Crippen MR) is 104 cm³/mol. The van der Waals surface area contributed by atoms with Crippen molar-refractivity contribution in [1.82, 2.24) is 5.32 Å². The molecule has 146 valence electrons. The molecule has 1 amide bonds. The van der Waals surface area contributed by atoms with Gasteiger partial charge in [-0.1, -0.05) is 0 Å². The molecule has 0 fully saturated rings. The molecule has 0 unspecified atom stereocenters. The van der Waals surface area contributed by atoms with Crippen LogP contribution in [0.25, 0.3) is 6.08 Å². The lowest BCUT2D eigenvalue weighted by molar-refractivity contribution is -0.145. The zero-order valence-electron chi connectivity index (χ0n) is 15.8. The minimum absolute atomic E-state index is 0.0294. The van der Waals surface area contributed by atoms with Crippen molar-refractivity contribution in [1.29, 1.82) is 5.26 Å². The first-order valence-corrected chi connectivity index (χ1v) is 9.29. The third-order valence-electron chi connectivity index (χ3n) is 3.07. The number of hydrogen-bond donors (Lipinski definition) is 1. The van der Waals surface area contributed by atoms with E-state index >= 15 is 0 Å². The molecule has 0 aliphatic carbocycles. The van der Waals surface area contributed by atoms with E-state index in [9.17, 15) is 14.9 Å². The molecule has 0 heterocycles. The summed E-state index contributed by atoms with van der Waals surface area (Å²) in [5.74, 6) is -0.228. The van der Waals surface area contributed by atoms with E-state index in [-0.39, 0.29) is 24.8 Å². The van der Waals surface area contributed by atoms with Gasteiger partial charge in [0.15, 0.2) is 18.1 Å². The highest BCUT2D eigenvalue weighted by molar-refractivity contribution is 9.10. The van der Waals surface area contributed by atoms with Gasteiger partial charge in [-0.3, -0.25) is 4.79 Å². The van der Waals surface area contributed by atoms with Crippen LogP contribution in [-0.2, 0) is 14.3 Å². The number of nitrogens with zero attached hydrogens (tertiary/aromatic N) is 1. The van der Waals surface area contributed by atoms with E-state index in [4.69, 9.17) is 14.2 Å². The molecule has 0 spiro atoms. The molecule has 0 radical (unpaired) electrons. The number of rotatable bonds is 9. The third-order valence-corrected chi connectivity index (χ3v) is 3.66. The first-order valence-electron chi connectivity index (χ1n) is 8.49. The minimum Gasteiger partial charge on any atom is -0.490 e. The number of carbonyl (C=O) groups is 2. The second kappa shape index (κ2) is 11.2. The third kappa shape index (κ3) is 7.31. The largest absolute Gasteiger partial charge is 0.490 e. The van der Waals surface area contributed by atoms with Gasteiger partial charge in [0.05, 0.1) is 17.7 Å². The summed E-state index contributed by atoms with van der Waals surface area (Å²) in [7, 11) is 0. The molecule has 0 aliphatic rings. The molecular formula is C19H23BrN2O5. The van der Waals surface area contributed by atoms with Gasteiger partial charge >= 0.3 is 5.97 Å². The minimum atomic E-state index is -0.493. The van der Waals surface area contributed by atoms with E-state index in [1.165, 1.54) is 6.08 Å². The van der Waals surface area contributed by atoms with Gasteiger partial charge in [0.25, 0.3) is 5.91 Å². The summed E-state index contributed by atoms with van der Waals surface area (Å²) >= 11 is 3.38. The molecule has 0 saturated carbocycles. The van der Waals surface area contributed by atoms with Crippen LogP contribution in [0.15, 0.2) is 22.2 Å². The number of hydrogen-bond acceptors (Lipinski definition) is 6. The lowest BCUT2D eigenvalue weighted by Crippen LogP contribution is -2.30. The smallest absolute Gasteiger partial charge is 0.344 e. The quantitative estimate of drug-likeness (QED) is 0.361. The van der Waals surface area contributed by atoms with Crippen molar-refractivity contribution >= 4 is 33.9 Å². The summed E-state index contributed by atoms with van der Waals surface area (Å²) in [4.78, 5) is 23.6. The van der Waals surface area contributed by atoms with Crippen LogP contribution >= 0.6 is 15.9 Å². The van der Waals surface area contributed by atoms with Gasteiger partial charge in [-0.05, 0) is 67.4 Å². The van der Waals surface area contributed by atoms with Crippen molar-refractivity contribution in [2.24, 2.45) is 0 Å². The Morgan fingerprint density at radius 3 is 2.52 bits per heavy atom. The fraction of sp³-hybridized carbons (Fsp3) is 0.421. The van der Waals surface area contributed by atoms with Crippen molar-refractivity contribution in [2.75, 3.05) is 19.8 Å². The molecule has 0 bridgehead atoms. The fourth-order valence-electron chi connectivity index (χ4n) is 2.06. The van der Waals surface area contributed by atoms with Gasteiger partial charge in [-0.25, -0.2) is 4.79 Å². The number of nitrogens with one attached hydrogen (secondary N) is 1. The molecule has 1 aromatic rings. The van der Waals surface area contributed by atoms with E-state index in [2.05, 4.69) is 21.2 Å². The summed E-state index contributed by atoms with van der Waals surface area (Å²) in [6, 6.07) is 5.11. The predicted octanol–water partition coefficient (Wildman–Crippen LogP) is 3.22. The number of nitriles is 1. The maximum absolute atomic E-state index is 12.1.